The number of hydrogen-bond acceptors (Lipinski definition) is 3. The lowest BCUT2D eigenvalue weighted by molar-refractivity contribution is 1.02. The summed E-state index contributed by atoms with van der Waals surface area (Å²) in [6, 6.07) is 3.51. The van der Waals surface area contributed by atoms with E-state index in [9.17, 15) is 4.79 Å². The van der Waals surface area contributed by atoms with E-state index in [1.807, 2.05) is 6.07 Å². The average molecular weight is 239 g/mol. The van der Waals surface area contributed by atoms with Gasteiger partial charge in [-0.15, -0.1) is 0 Å². The Balaban J connectivity index is 2.94. The van der Waals surface area contributed by atoms with Crippen molar-refractivity contribution in [3.8, 4) is 6.07 Å². The fraction of sp³-hybridized carbons (Fsp3) is 0. The number of nitrogens with zero attached hydrogens (tertiary/aromatic N) is 3. The van der Waals surface area contributed by atoms with Crippen molar-refractivity contribution in [1.29, 1.82) is 5.26 Å². The normalized spacial score (nSPS) is 10.2. The molecule has 0 aliphatic heterocycles. The van der Waals surface area contributed by atoms with Crippen LogP contribution in [0.2, 0.25) is 0 Å². The van der Waals surface area contributed by atoms with Crippen LogP contribution in [0.15, 0.2) is 21.5 Å². The molecule has 5 nitrogen and oxygen atoms in total. The van der Waals surface area contributed by atoms with Crippen molar-refractivity contribution in [3.63, 3.8) is 0 Å². The Morgan fingerprint density at radius 3 is 3.15 bits per heavy atom. The van der Waals surface area contributed by atoms with Gasteiger partial charge in [-0.25, -0.2) is 14.3 Å². The van der Waals surface area contributed by atoms with E-state index in [2.05, 4.69) is 26.1 Å². The Kier molecular flexibility index (Phi) is 1.67. The average Bonchev–Trinajstić information content (AvgIpc) is 2.47. The quantitative estimate of drug-likeness (QED) is 0.733. The fourth-order valence-electron chi connectivity index (χ4n) is 1.01. The molecule has 2 aromatic heterocycles. The number of fused-ring (bicyclic) bond motifs is 1. The maximum Gasteiger partial charge on any atom is 0.347 e. The maximum atomic E-state index is 11.1. The van der Waals surface area contributed by atoms with Crippen molar-refractivity contribution in [2.24, 2.45) is 0 Å². The first-order chi connectivity index (χ1) is 6.22. The van der Waals surface area contributed by atoms with Crippen LogP contribution >= 0.6 is 15.9 Å². The molecule has 64 valence electrons. The molecule has 0 saturated carbocycles. The highest BCUT2D eigenvalue weighted by atomic mass is 79.9. The molecular weight excluding hydrogens is 236 g/mol. The van der Waals surface area contributed by atoms with Crippen LogP contribution in [0.4, 0.5) is 0 Å². The molecule has 0 atom stereocenters. The molecule has 6 heteroatoms. The van der Waals surface area contributed by atoms with Crippen LogP contribution in [0.5, 0.6) is 0 Å². The monoisotopic (exact) mass is 238 g/mol. The summed E-state index contributed by atoms with van der Waals surface area (Å²) in [7, 11) is 0. The van der Waals surface area contributed by atoms with Gasteiger partial charge >= 0.3 is 5.69 Å². The van der Waals surface area contributed by atoms with Crippen LogP contribution < -0.4 is 5.69 Å². The highest BCUT2D eigenvalue weighted by molar-refractivity contribution is 9.10. The summed E-state index contributed by atoms with van der Waals surface area (Å²) in [5, 5.41) is 14.7. The summed E-state index contributed by atoms with van der Waals surface area (Å²) < 4.78 is 1.90. The van der Waals surface area contributed by atoms with Crippen molar-refractivity contribution >= 4 is 21.6 Å². The van der Waals surface area contributed by atoms with Gasteiger partial charge in [0.15, 0.2) is 5.65 Å². The van der Waals surface area contributed by atoms with E-state index in [1.54, 1.807) is 0 Å². The number of halogens is 1. The summed E-state index contributed by atoms with van der Waals surface area (Å²) in [6.45, 7) is 0. The Morgan fingerprint density at radius 1 is 1.69 bits per heavy atom. The number of aromatic amines is 1. The minimum absolute atomic E-state index is 0.319. The molecule has 0 bridgehead atoms. The van der Waals surface area contributed by atoms with E-state index in [1.165, 1.54) is 16.7 Å². The first kappa shape index (κ1) is 8.01. The molecule has 2 aromatic rings. The second kappa shape index (κ2) is 2.71. The molecule has 0 aliphatic rings. The zero-order valence-corrected chi connectivity index (χ0v) is 7.87. The number of aromatic nitrogens is 3. The molecule has 0 spiro atoms. The van der Waals surface area contributed by atoms with E-state index in [0.29, 0.717) is 15.7 Å². The van der Waals surface area contributed by atoms with Gasteiger partial charge in [-0.05, 0) is 15.9 Å². The van der Waals surface area contributed by atoms with Gasteiger partial charge in [0.25, 0.3) is 0 Å². The summed E-state index contributed by atoms with van der Waals surface area (Å²) in [4.78, 5) is 11.1. The van der Waals surface area contributed by atoms with E-state index >= 15 is 0 Å². The Morgan fingerprint density at radius 2 is 2.46 bits per heavy atom. The second-order valence-corrected chi connectivity index (χ2v) is 3.26. The maximum absolute atomic E-state index is 11.1. The molecule has 0 unspecified atom stereocenters. The number of nitrogens with one attached hydrogen (secondary N) is 1. The van der Waals surface area contributed by atoms with Gasteiger partial charge in [-0.1, -0.05) is 0 Å². The molecule has 0 aromatic carbocycles. The number of pyridine rings is 1. The molecule has 0 aliphatic carbocycles. The van der Waals surface area contributed by atoms with Gasteiger partial charge in [0.1, 0.15) is 6.07 Å². The lowest BCUT2D eigenvalue weighted by Gasteiger charge is -1.94. The van der Waals surface area contributed by atoms with Crippen LogP contribution in [0.25, 0.3) is 5.65 Å². The van der Waals surface area contributed by atoms with Crippen molar-refractivity contribution in [2.45, 2.75) is 0 Å². The smallest absolute Gasteiger partial charge is 0.249 e. The molecule has 2 rings (SSSR count). The van der Waals surface area contributed by atoms with Crippen molar-refractivity contribution < 1.29 is 0 Å². The van der Waals surface area contributed by atoms with E-state index in [-0.39, 0.29) is 5.69 Å². The molecule has 0 amide bonds. The molecule has 1 N–H and O–H groups in total. The summed E-state index contributed by atoms with van der Waals surface area (Å²) in [5.74, 6) is 0. The third kappa shape index (κ3) is 1.13. The molecule has 0 fully saturated rings. The minimum Gasteiger partial charge on any atom is -0.249 e. The number of rotatable bonds is 0. The van der Waals surface area contributed by atoms with Crippen molar-refractivity contribution in [2.75, 3.05) is 0 Å². The highest BCUT2D eigenvalue weighted by Gasteiger charge is 2.04. The lowest BCUT2D eigenvalue weighted by atomic mass is 10.3. The number of nitriles is 1. The largest absolute Gasteiger partial charge is 0.347 e. The molecule has 0 radical (unpaired) electrons. The third-order valence-electron chi connectivity index (χ3n) is 1.63. The van der Waals surface area contributed by atoms with Crippen LogP contribution in [0, 0.1) is 11.3 Å². The van der Waals surface area contributed by atoms with Gasteiger partial charge in [0, 0.05) is 12.3 Å². The number of H-pyrrole nitrogens is 1. The van der Waals surface area contributed by atoms with Gasteiger partial charge in [-0.3, -0.25) is 0 Å². The second-order valence-electron chi connectivity index (χ2n) is 2.40. The highest BCUT2D eigenvalue weighted by Crippen LogP contribution is 2.15. The van der Waals surface area contributed by atoms with Crippen LogP contribution in [0.3, 0.4) is 0 Å². The molecule has 13 heavy (non-hydrogen) atoms. The summed E-state index contributed by atoms with van der Waals surface area (Å²) in [5.41, 5.74) is 0.566. The predicted octanol–water partition coefficient (Wildman–Crippen LogP) is 0.657. The summed E-state index contributed by atoms with van der Waals surface area (Å²) >= 11 is 3.17. The van der Waals surface area contributed by atoms with Crippen molar-refractivity contribution in [1.82, 2.24) is 14.6 Å². The Bertz CT molecular complexity index is 562. The SMILES string of the molecule is N#Cc1cc2n[nH]c(=O)n2cc1Br. The van der Waals surface area contributed by atoms with Gasteiger partial charge in [-0.2, -0.15) is 10.4 Å². The zero-order chi connectivity index (χ0) is 9.42. The fourth-order valence-corrected chi connectivity index (χ4v) is 1.42. The summed E-state index contributed by atoms with van der Waals surface area (Å²) in [6.07, 6.45) is 1.51. The van der Waals surface area contributed by atoms with Crippen LogP contribution in [-0.2, 0) is 0 Å². The Labute approximate surface area is 80.7 Å². The van der Waals surface area contributed by atoms with E-state index in [0.717, 1.165) is 0 Å². The topological polar surface area (TPSA) is 73.9 Å². The van der Waals surface area contributed by atoms with Gasteiger partial charge < -0.3 is 0 Å². The molecule has 2 heterocycles. The standard InChI is InChI=1S/C7H3BrN4O/c8-5-3-12-6(1-4(5)2-9)10-11-7(12)13/h1,3H,(H,11,13). The minimum atomic E-state index is -0.319. The molecular formula is C7H3BrN4O. The number of hydrogen-bond donors (Lipinski definition) is 1. The van der Waals surface area contributed by atoms with Crippen LogP contribution in [-0.4, -0.2) is 14.6 Å². The predicted molar refractivity (Wildman–Crippen MR) is 48.2 cm³/mol. The van der Waals surface area contributed by atoms with E-state index in [4.69, 9.17) is 5.26 Å². The molecule has 0 saturated heterocycles. The van der Waals surface area contributed by atoms with E-state index < -0.39 is 0 Å². The third-order valence-corrected chi connectivity index (χ3v) is 2.26. The lowest BCUT2D eigenvalue weighted by Crippen LogP contribution is -2.08. The van der Waals surface area contributed by atoms with Gasteiger partial charge in [0.05, 0.1) is 10.0 Å². The van der Waals surface area contributed by atoms with Crippen LogP contribution in [0.1, 0.15) is 5.56 Å². The zero-order valence-electron chi connectivity index (χ0n) is 6.28. The first-order valence-electron chi connectivity index (χ1n) is 3.39. The van der Waals surface area contributed by atoms with Gasteiger partial charge in [0.2, 0.25) is 0 Å². The first-order valence-corrected chi connectivity index (χ1v) is 4.18. The Hall–Kier alpha value is -1.61. The van der Waals surface area contributed by atoms with Crippen molar-refractivity contribution in [3.05, 3.63) is 32.8 Å².